The fourth-order valence-electron chi connectivity index (χ4n) is 2.59. The van der Waals surface area contributed by atoms with Crippen LogP contribution >= 0.6 is 0 Å². The molecular weight excluding hydrogens is 365 g/mol. The van der Waals surface area contributed by atoms with Crippen molar-refractivity contribution in [2.45, 2.75) is 17.9 Å². The smallest absolute Gasteiger partial charge is 0.320 e. The summed E-state index contributed by atoms with van der Waals surface area (Å²) in [7, 11) is -2.27. The van der Waals surface area contributed by atoms with Crippen molar-refractivity contribution in [3.05, 3.63) is 30.1 Å². The molecule has 1 aliphatic rings. The van der Waals surface area contributed by atoms with Gasteiger partial charge in [0.15, 0.2) is 0 Å². The van der Waals surface area contributed by atoms with Gasteiger partial charge in [0.1, 0.15) is 11.9 Å². The molecule has 144 valence electrons. The van der Waals surface area contributed by atoms with Crippen LogP contribution in [-0.4, -0.2) is 85.3 Å². The molecule has 1 unspecified atom stereocenters. The van der Waals surface area contributed by atoms with Crippen molar-refractivity contribution in [2.75, 3.05) is 39.8 Å². The maximum atomic E-state index is 13.3. The summed E-state index contributed by atoms with van der Waals surface area (Å²) in [5, 5.41) is 8.96. The fraction of sp³-hybridized carbons (Fsp3) is 0.500. The average molecular weight is 387 g/mol. The second-order valence-corrected chi connectivity index (χ2v) is 8.11. The highest BCUT2D eigenvalue weighted by Crippen LogP contribution is 2.18. The van der Waals surface area contributed by atoms with Crippen LogP contribution < -0.4 is 0 Å². The lowest BCUT2D eigenvalue weighted by Gasteiger charge is -2.35. The van der Waals surface area contributed by atoms with E-state index in [0.717, 1.165) is 6.07 Å². The molecule has 0 saturated carbocycles. The van der Waals surface area contributed by atoms with Crippen LogP contribution in [0.25, 0.3) is 0 Å². The number of benzene rings is 1. The monoisotopic (exact) mass is 387 g/mol. The summed E-state index contributed by atoms with van der Waals surface area (Å²) in [6.07, 6.45) is 0. The minimum Gasteiger partial charge on any atom is -0.480 e. The zero-order valence-electron chi connectivity index (χ0n) is 14.6. The summed E-state index contributed by atoms with van der Waals surface area (Å²) in [6.45, 7) is 2.01. The van der Waals surface area contributed by atoms with Crippen LogP contribution in [0, 0.1) is 5.82 Å². The van der Waals surface area contributed by atoms with Gasteiger partial charge in [-0.05, 0) is 32.2 Å². The van der Waals surface area contributed by atoms with Crippen molar-refractivity contribution in [1.29, 1.82) is 0 Å². The number of aliphatic carboxylic acids is 1. The molecule has 2 rings (SSSR count). The minimum absolute atomic E-state index is 0.0654. The number of hydrogen-bond acceptors (Lipinski definition) is 5. The normalized spacial score (nSPS) is 17.3. The van der Waals surface area contributed by atoms with Crippen LogP contribution in [0.2, 0.25) is 0 Å². The highest BCUT2D eigenvalue weighted by molar-refractivity contribution is 7.89. The van der Waals surface area contributed by atoms with E-state index < -0.39 is 27.9 Å². The van der Waals surface area contributed by atoms with Gasteiger partial charge in [0, 0.05) is 26.2 Å². The van der Waals surface area contributed by atoms with Crippen LogP contribution in [0.15, 0.2) is 29.2 Å². The maximum Gasteiger partial charge on any atom is 0.320 e. The molecular formula is C16H22FN3O5S. The minimum atomic E-state index is -3.81. The first-order valence-corrected chi connectivity index (χ1v) is 9.53. The first-order chi connectivity index (χ1) is 12.1. The van der Waals surface area contributed by atoms with E-state index in [9.17, 15) is 22.4 Å². The number of amides is 1. The molecule has 0 aliphatic carbocycles. The number of hydrogen-bond donors (Lipinski definition) is 1. The number of carboxylic acids is 1. The number of nitrogens with zero attached hydrogens (tertiary/aromatic N) is 3. The Labute approximate surface area is 151 Å². The molecule has 1 N–H and O–H groups in total. The van der Waals surface area contributed by atoms with Gasteiger partial charge < -0.3 is 10.0 Å². The summed E-state index contributed by atoms with van der Waals surface area (Å²) in [6, 6.07) is 4.01. The van der Waals surface area contributed by atoms with Crippen LogP contribution in [0.1, 0.15) is 6.92 Å². The van der Waals surface area contributed by atoms with Crippen LogP contribution in [0.5, 0.6) is 0 Å². The van der Waals surface area contributed by atoms with Gasteiger partial charge in [-0.25, -0.2) is 12.8 Å². The van der Waals surface area contributed by atoms with E-state index in [0.29, 0.717) is 0 Å². The highest BCUT2D eigenvalue weighted by Gasteiger charge is 2.31. The van der Waals surface area contributed by atoms with Crippen molar-refractivity contribution in [2.24, 2.45) is 0 Å². The Hall–Kier alpha value is -2.04. The Balaban J connectivity index is 1.96. The van der Waals surface area contributed by atoms with Gasteiger partial charge in [-0.1, -0.05) is 6.07 Å². The molecule has 1 amide bonds. The van der Waals surface area contributed by atoms with Gasteiger partial charge in [0.2, 0.25) is 15.9 Å². The number of likely N-dealkylation sites (N-methyl/N-ethyl adjacent to an activating group) is 1. The molecule has 26 heavy (non-hydrogen) atoms. The molecule has 1 saturated heterocycles. The predicted octanol–water partition coefficient (Wildman–Crippen LogP) is 0.0635. The molecule has 10 heteroatoms. The van der Waals surface area contributed by atoms with Crippen LogP contribution in [0.4, 0.5) is 4.39 Å². The third-order valence-corrected chi connectivity index (χ3v) is 6.32. The van der Waals surface area contributed by atoms with E-state index >= 15 is 0 Å². The number of carbonyl (C=O) groups excluding carboxylic acids is 1. The summed E-state index contributed by atoms with van der Waals surface area (Å²) >= 11 is 0. The second-order valence-electron chi connectivity index (χ2n) is 6.17. The number of sulfonamides is 1. The number of carboxylic acid groups (broad SMARTS) is 1. The molecule has 1 atom stereocenters. The first kappa shape index (κ1) is 20.3. The SMILES string of the molecule is CC(C(=O)O)N(C)CC(=O)N1CCN(S(=O)(=O)c2cccc(F)c2)CC1. The van der Waals surface area contributed by atoms with E-state index in [-0.39, 0.29) is 43.5 Å². The van der Waals surface area contributed by atoms with Gasteiger partial charge in [-0.3, -0.25) is 14.5 Å². The molecule has 8 nitrogen and oxygen atoms in total. The van der Waals surface area contributed by atoms with Crippen molar-refractivity contribution >= 4 is 21.9 Å². The zero-order chi connectivity index (χ0) is 19.5. The Kier molecular flexibility index (Phi) is 6.32. The van der Waals surface area contributed by atoms with Gasteiger partial charge in [-0.2, -0.15) is 4.31 Å². The second kappa shape index (κ2) is 8.11. The van der Waals surface area contributed by atoms with E-state index in [4.69, 9.17) is 5.11 Å². The molecule has 1 heterocycles. The lowest BCUT2D eigenvalue weighted by molar-refractivity contribution is -0.143. The lowest BCUT2D eigenvalue weighted by atomic mass is 10.3. The first-order valence-electron chi connectivity index (χ1n) is 8.09. The quantitative estimate of drug-likeness (QED) is 0.741. The lowest BCUT2D eigenvalue weighted by Crippen LogP contribution is -2.53. The molecule has 1 aromatic rings. The highest BCUT2D eigenvalue weighted by atomic mass is 32.2. The number of halogens is 1. The third-order valence-electron chi connectivity index (χ3n) is 4.43. The number of piperazine rings is 1. The summed E-state index contributed by atoms with van der Waals surface area (Å²) < 4.78 is 39.6. The standard InChI is InChI=1S/C16H22FN3O5S/c1-12(16(22)23)18(2)11-15(21)19-6-8-20(9-7-19)26(24,25)14-5-3-4-13(17)10-14/h3-5,10,12H,6-9,11H2,1-2H3,(H,22,23). The molecule has 1 aromatic carbocycles. The molecule has 0 bridgehead atoms. The number of carbonyl (C=O) groups is 2. The van der Waals surface area contributed by atoms with Crippen molar-refractivity contribution in [3.8, 4) is 0 Å². The Morgan fingerprint density at radius 2 is 1.88 bits per heavy atom. The predicted molar refractivity (Wildman–Crippen MR) is 91.5 cm³/mol. The Morgan fingerprint density at radius 3 is 2.42 bits per heavy atom. The fourth-order valence-corrected chi connectivity index (χ4v) is 4.05. The van der Waals surface area contributed by atoms with Crippen LogP contribution in [0.3, 0.4) is 0 Å². The van der Waals surface area contributed by atoms with Crippen LogP contribution in [-0.2, 0) is 19.6 Å². The van der Waals surface area contributed by atoms with Gasteiger partial charge >= 0.3 is 5.97 Å². The molecule has 1 aliphatic heterocycles. The van der Waals surface area contributed by atoms with E-state index in [1.54, 1.807) is 7.05 Å². The van der Waals surface area contributed by atoms with E-state index in [1.165, 1.54) is 39.2 Å². The molecule has 0 aromatic heterocycles. The van der Waals surface area contributed by atoms with Gasteiger partial charge in [0.25, 0.3) is 0 Å². The average Bonchev–Trinajstić information content (AvgIpc) is 2.60. The molecule has 0 radical (unpaired) electrons. The summed E-state index contributed by atoms with van der Waals surface area (Å²) in [4.78, 5) is 26.0. The van der Waals surface area contributed by atoms with Crippen molar-refractivity contribution < 1.29 is 27.5 Å². The van der Waals surface area contributed by atoms with Crippen molar-refractivity contribution in [1.82, 2.24) is 14.1 Å². The largest absolute Gasteiger partial charge is 0.480 e. The molecule has 0 spiro atoms. The summed E-state index contributed by atoms with van der Waals surface area (Å²) in [5.41, 5.74) is 0. The van der Waals surface area contributed by atoms with E-state index in [2.05, 4.69) is 0 Å². The Morgan fingerprint density at radius 1 is 1.27 bits per heavy atom. The zero-order valence-corrected chi connectivity index (χ0v) is 15.4. The van der Waals surface area contributed by atoms with Crippen molar-refractivity contribution in [3.63, 3.8) is 0 Å². The Bertz CT molecular complexity index is 778. The maximum absolute atomic E-state index is 13.3. The molecule has 1 fully saturated rings. The number of rotatable bonds is 6. The van der Waals surface area contributed by atoms with Gasteiger partial charge in [-0.15, -0.1) is 0 Å². The summed E-state index contributed by atoms with van der Waals surface area (Å²) in [5.74, 6) is -1.91. The third kappa shape index (κ3) is 4.57. The topological polar surface area (TPSA) is 98.2 Å². The van der Waals surface area contributed by atoms with E-state index in [1.807, 2.05) is 0 Å². The van der Waals surface area contributed by atoms with Gasteiger partial charge in [0.05, 0.1) is 11.4 Å².